The zero-order chi connectivity index (χ0) is 17.9. The van der Waals surface area contributed by atoms with Crippen LogP contribution in [0.25, 0.3) is 0 Å². The third kappa shape index (κ3) is 4.79. The highest BCUT2D eigenvalue weighted by Crippen LogP contribution is 2.35. The van der Waals surface area contributed by atoms with Crippen molar-refractivity contribution in [1.82, 2.24) is 5.32 Å². The fourth-order valence-electron chi connectivity index (χ4n) is 1.93. The minimum atomic E-state index is -0.528. The molecule has 0 aliphatic heterocycles. The Morgan fingerprint density at radius 2 is 1.79 bits per heavy atom. The fraction of sp³-hybridized carbons (Fsp3) is 0.235. The van der Waals surface area contributed by atoms with Gasteiger partial charge >= 0.3 is 0 Å². The van der Waals surface area contributed by atoms with Crippen LogP contribution in [0.1, 0.15) is 31.1 Å². The Labute approximate surface area is 143 Å². The number of carbonyl (C=O) groups is 1. The summed E-state index contributed by atoms with van der Waals surface area (Å²) in [5.74, 6) is -0.744. The summed E-state index contributed by atoms with van der Waals surface area (Å²) in [4.78, 5) is 24.0. The van der Waals surface area contributed by atoms with E-state index in [0.29, 0.717) is 9.79 Å². The van der Waals surface area contributed by atoms with Crippen LogP contribution in [-0.4, -0.2) is 16.4 Å². The second kappa shape index (κ2) is 7.00. The van der Waals surface area contributed by atoms with E-state index >= 15 is 0 Å². The zero-order valence-electron chi connectivity index (χ0n) is 13.5. The molecule has 0 fully saturated rings. The molecular weight excluding hydrogens is 331 g/mol. The number of benzene rings is 2. The van der Waals surface area contributed by atoms with Crippen molar-refractivity contribution in [1.29, 1.82) is 0 Å². The van der Waals surface area contributed by atoms with Gasteiger partial charge in [-0.15, -0.1) is 0 Å². The molecule has 0 heterocycles. The molecule has 1 amide bonds. The van der Waals surface area contributed by atoms with Gasteiger partial charge in [0.25, 0.3) is 11.6 Å². The van der Waals surface area contributed by atoms with Gasteiger partial charge in [-0.25, -0.2) is 4.39 Å². The maximum absolute atomic E-state index is 12.9. The molecule has 5 nitrogen and oxygen atoms in total. The molecule has 1 N–H and O–H groups in total. The summed E-state index contributed by atoms with van der Waals surface area (Å²) in [6.45, 7) is 5.49. The normalized spacial score (nSPS) is 11.2. The average molecular weight is 348 g/mol. The molecule has 24 heavy (non-hydrogen) atoms. The van der Waals surface area contributed by atoms with Crippen molar-refractivity contribution in [3.8, 4) is 0 Å². The van der Waals surface area contributed by atoms with E-state index in [0.717, 1.165) is 11.8 Å². The Kier molecular flexibility index (Phi) is 5.23. The van der Waals surface area contributed by atoms with E-state index in [9.17, 15) is 19.3 Å². The van der Waals surface area contributed by atoms with Crippen molar-refractivity contribution in [2.24, 2.45) is 0 Å². The summed E-state index contributed by atoms with van der Waals surface area (Å²) in [5.41, 5.74) is -0.376. The van der Waals surface area contributed by atoms with Crippen LogP contribution in [0.3, 0.4) is 0 Å². The summed E-state index contributed by atoms with van der Waals surface area (Å²) in [6, 6.07) is 10.0. The van der Waals surface area contributed by atoms with Crippen molar-refractivity contribution in [2.75, 3.05) is 0 Å². The lowest BCUT2D eigenvalue weighted by Crippen LogP contribution is -2.40. The van der Waals surface area contributed by atoms with Crippen molar-refractivity contribution < 1.29 is 14.1 Å². The molecule has 0 atom stereocenters. The van der Waals surface area contributed by atoms with Gasteiger partial charge in [0.1, 0.15) is 5.82 Å². The van der Waals surface area contributed by atoms with Crippen LogP contribution < -0.4 is 5.32 Å². The molecule has 0 unspecified atom stereocenters. The summed E-state index contributed by atoms with van der Waals surface area (Å²) in [6.07, 6.45) is 0. The average Bonchev–Trinajstić information content (AvgIpc) is 2.48. The molecule has 2 aromatic rings. The lowest BCUT2D eigenvalue weighted by Gasteiger charge is -2.20. The van der Waals surface area contributed by atoms with Crippen LogP contribution in [0, 0.1) is 15.9 Å². The molecule has 0 aromatic heterocycles. The van der Waals surface area contributed by atoms with Gasteiger partial charge in [0, 0.05) is 22.1 Å². The Bertz CT molecular complexity index is 770. The van der Waals surface area contributed by atoms with Gasteiger partial charge in [-0.3, -0.25) is 14.9 Å². The number of halogens is 1. The van der Waals surface area contributed by atoms with Gasteiger partial charge in [-0.05, 0) is 57.2 Å². The number of hydrogen-bond acceptors (Lipinski definition) is 4. The first kappa shape index (κ1) is 17.9. The topological polar surface area (TPSA) is 72.2 Å². The van der Waals surface area contributed by atoms with E-state index in [4.69, 9.17) is 0 Å². The minimum Gasteiger partial charge on any atom is -0.347 e. The first-order valence-electron chi connectivity index (χ1n) is 7.20. The molecule has 0 radical (unpaired) electrons. The van der Waals surface area contributed by atoms with E-state index in [1.54, 1.807) is 18.2 Å². The van der Waals surface area contributed by atoms with E-state index < -0.39 is 10.5 Å². The second-order valence-corrected chi connectivity index (χ2v) is 7.32. The van der Waals surface area contributed by atoms with Crippen molar-refractivity contribution in [3.05, 3.63) is 64.0 Å². The second-order valence-electron chi connectivity index (χ2n) is 6.20. The highest BCUT2D eigenvalue weighted by atomic mass is 32.2. The zero-order valence-corrected chi connectivity index (χ0v) is 14.3. The molecule has 0 bridgehead atoms. The van der Waals surface area contributed by atoms with Gasteiger partial charge in [0.05, 0.1) is 9.82 Å². The van der Waals surface area contributed by atoms with Crippen LogP contribution in [0.5, 0.6) is 0 Å². The Morgan fingerprint density at radius 1 is 1.17 bits per heavy atom. The number of nitro groups is 1. The molecule has 0 saturated carbocycles. The Morgan fingerprint density at radius 3 is 2.33 bits per heavy atom. The lowest BCUT2D eigenvalue weighted by atomic mass is 10.1. The molecule has 0 aliphatic rings. The molecular formula is C17H17FN2O3S. The maximum Gasteiger partial charge on any atom is 0.284 e. The number of nitrogens with zero attached hydrogens (tertiary/aromatic N) is 1. The van der Waals surface area contributed by atoms with Crippen molar-refractivity contribution >= 4 is 23.4 Å². The van der Waals surface area contributed by atoms with E-state index in [1.165, 1.54) is 24.3 Å². The lowest BCUT2D eigenvalue weighted by molar-refractivity contribution is -0.387. The molecule has 0 spiro atoms. The highest BCUT2D eigenvalue weighted by molar-refractivity contribution is 7.99. The predicted molar refractivity (Wildman–Crippen MR) is 90.8 cm³/mol. The maximum atomic E-state index is 12.9. The number of rotatable bonds is 4. The summed E-state index contributed by atoms with van der Waals surface area (Å²) < 4.78 is 12.9. The van der Waals surface area contributed by atoms with Crippen LogP contribution in [-0.2, 0) is 0 Å². The van der Waals surface area contributed by atoms with Gasteiger partial charge in [0.15, 0.2) is 0 Å². The summed E-state index contributed by atoms with van der Waals surface area (Å²) in [5, 5.41) is 14.1. The van der Waals surface area contributed by atoms with Crippen molar-refractivity contribution in [3.63, 3.8) is 0 Å². The SMILES string of the molecule is CC(C)(C)NC(=O)c1ccc(Sc2ccc(F)cc2)c([N+](=O)[O-])c1. The van der Waals surface area contributed by atoms with Crippen LogP contribution in [0.2, 0.25) is 0 Å². The fourth-order valence-corrected chi connectivity index (χ4v) is 2.83. The van der Waals surface area contributed by atoms with Gasteiger partial charge in [-0.2, -0.15) is 0 Å². The van der Waals surface area contributed by atoms with Gasteiger partial charge in [0.2, 0.25) is 0 Å². The summed E-state index contributed by atoms with van der Waals surface area (Å²) in [7, 11) is 0. The Balaban J connectivity index is 2.31. The molecule has 2 aromatic carbocycles. The largest absolute Gasteiger partial charge is 0.347 e. The third-order valence-electron chi connectivity index (χ3n) is 2.95. The molecule has 0 aliphatic carbocycles. The molecule has 2 rings (SSSR count). The van der Waals surface area contributed by atoms with Crippen LogP contribution in [0.15, 0.2) is 52.3 Å². The molecule has 0 saturated heterocycles. The van der Waals surface area contributed by atoms with E-state index in [1.807, 2.05) is 20.8 Å². The first-order chi connectivity index (χ1) is 11.2. The first-order valence-corrected chi connectivity index (χ1v) is 8.02. The quantitative estimate of drug-likeness (QED) is 0.656. The Hall–Kier alpha value is -2.41. The van der Waals surface area contributed by atoms with Gasteiger partial charge in [-0.1, -0.05) is 11.8 Å². The smallest absolute Gasteiger partial charge is 0.284 e. The van der Waals surface area contributed by atoms with E-state index in [2.05, 4.69) is 5.32 Å². The number of nitro benzene ring substituents is 1. The van der Waals surface area contributed by atoms with Gasteiger partial charge < -0.3 is 5.32 Å². The minimum absolute atomic E-state index is 0.161. The highest BCUT2D eigenvalue weighted by Gasteiger charge is 2.21. The third-order valence-corrected chi connectivity index (χ3v) is 4.02. The number of carbonyl (C=O) groups excluding carboxylic acids is 1. The molecule has 7 heteroatoms. The van der Waals surface area contributed by atoms with Crippen LogP contribution >= 0.6 is 11.8 Å². The van der Waals surface area contributed by atoms with Crippen LogP contribution in [0.4, 0.5) is 10.1 Å². The number of nitrogens with one attached hydrogen (secondary N) is 1. The molecule has 126 valence electrons. The number of amides is 1. The standard InChI is InChI=1S/C17H17FN2O3S/c1-17(2,3)19-16(21)11-4-9-15(14(10-11)20(22)23)24-13-7-5-12(18)6-8-13/h4-10H,1-3H3,(H,19,21). The summed E-state index contributed by atoms with van der Waals surface area (Å²) >= 11 is 1.14. The van der Waals surface area contributed by atoms with Crippen molar-refractivity contribution in [2.45, 2.75) is 36.1 Å². The van der Waals surface area contributed by atoms with E-state index in [-0.39, 0.29) is 23.0 Å². The predicted octanol–water partition coefficient (Wildman–Crippen LogP) is 4.41. The monoisotopic (exact) mass is 348 g/mol. The number of hydrogen-bond donors (Lipinski definition) is 1.